The lowest BCUT2D eigenvalue weighted by molar-refractivity contribution is -0.140. The van der Waals surface area contributed by atoms with Crippen molar-refractivity contribution in [3.05, 3.63) is 30.2 Å². The predicted octanol–water partition coefficient (Wildman–Crippen LogP) is 3.21. The molecule has 0 saturated heterocycles. The summed E-state index contributed by atoms with van der Waals surface area (Å²) in [4.78, 5) is 16.4. The van der Waals surface area contributed by atoms with Crippen LogP contribution in [0.1, 0.15) is 18.5 Å². The number of hydrogen-bond donors (Lipinski definition) is 3. The molecule has 0 saturated carbocycles. The third-order valence-electron chi connectivity index (χ3n) is 5.11. The molecule has 0 spiro atoms. The lowest BCUT2D eigenvalue weighted by atomic mass is 10.0. The summed E-state index contributed by atoms with van der Waals surface area (Å²) in [6.07, 6.45) is 0.766. The van der Waals surface area contributed by atoms with Crippen LogP contribution in [0.4, 0.5) is 17.6 Å². The zero-order chi connectivity index (χ0) is 26.0. The Hall–Kier alpha value is -4.14. The number of aliphatic carboxylic acids is 1. The molecule has 0 atom stereocenters. The molecule has 0 amide bonds. The fourth-order valence-electron chi connectivity index (χ4n) is 3.83. The molecular formula is C21H20F4N6O5. The number of pyridine rings is 1. The third kappa shape index (κ3) is 4.82. The summed E-state index contributed by atoms with van der Waals surface area (Å²) in [5, 5.41) is 23.5. The number of carboxylic acids is 1. The molecule has 0 fully saturated rings. The number of aromatic nitrogens is 6. The molecule has 1 aliphatic rings. The van der Waals surface area contributed by atoms with Gasteiger partial charge in [0.2, 0.25) is 11.8 Å². The Kier molecular flexibility index (Phi) is 7.10. The van der Waals surface area contributed by atoms with Crippen molar-refractivity contribution in [2.45, 2.75) is 26.0 Å². The van der Waals surface area contributed by atoms with Crippen molar-refractivity contribution >= 4 is 17.0 Å². The molecule has 0 aromatic carbocycles. The first kappa shape index (κ1) is 25.0. The van der Waals surface area contributed by atoms with Gasteiger partial charge in [0.05, 0.1) is 23.4 Å². The van der Waals surface area contributed by atoms with Crippen molar-refractivity contribution < 1.29 is 42.0 Å². The number of fused-ring (bicyclic) bond motifs is 2. The van der Waals surface area contributed by atoms with Gasteiger partial charge in [0.1, 0.15) is 17.9 Å². The van der Waals surface area contributed by atoms with Crippen LogP contribution in [0.3, 0.4) is 0 Å². The first-order chi connectivity index (χ1) is 17.2. The lowest BCUT2D eigenvalue weighted by Gasteiger charge is -2.16. The summed E-state index contributed by atoms with van der Waals surface area (Å²) < 4.78 is 66.9. The van der Waals surface area contributed by atoms with Crippen LogP contribution in [-0.4, -0.2) is 65.5 Å². The average molecular weight is 512 g/mol. The Labute approximate surface area is 199 Å². The van der Waals surface area contributed by atoms with Gasteiger partial charge in [-0.1, -0.05) is 0 Å². The van der Waals surface area contributed by atoms with Gasteiger partial charge < -0.3 is 24.7 Å². The first-order valence-electron chi connectivity index (χ1n) is 10.5. The Balaban J connectivity index is 0.000000556. The van der Waals surface area contributed by atoms with Crippen LogP contribution in [0.5, 0.6) is 11.8 Å². The number of aliphatic hydroxyl groups is 1. The highest BCUT2D eigenvalue weighted by atomic mass is 19.3. The molecule has 5 heterocycles. The summed E-state index contributed by atoms with van der Waals surface area (Å²) in [6, 6.07) is 3.36. The molecule has 5 rings (SSSR count). The minimum atomic E-state index is -3.11. The summed E-state index contributed by atoms with van der Waals surface area (Å²) in [5.41, 5.74) is 0.751. The van der Waals surface area contributed by atoms with Crippen LogP contribution >= 0.6 is 0 Å². The number of halogens is 4. The van der Waals surface area contributed by atoms with Gasteiger partial charge in [0.25, 0.3) is 6.43 Å². The van der Waals surface area contributed by atoms with Gasteiger partial charge in [-0.05, 0) is 12.1 Å². The van der Waals surface area contributed by atoms with Crippen molar-refractivity contribution in [3.63, 3.8) is 0 Å². The first-order valence-corrected chi connectivity index (χ1v) is 10.5. The molecule has 0 bridgehead atoms. The van der Waals surface area contributed by atoms with E-state index in [1.165, 1.54) is 21.8 Å². The molecule has 36 heavy (non-hydrogen) atoms. The molecular weight excluding hydrogens is 492 g/mol. The summed E-state index contributed by atoms with van der Waals surface area (Å²) in [6.45, 7) is -3.11. The molecule has 15 heteroatoms. The van der Waals surface area contributed by atoms with Crippen LogP contribution in [0.15, 0.2) is 24.5 Å². The number of nitrogens with one attached hydrogen (secondary N) is 1. The smallest absolute Gasteiger partial charge is 0.388 e. The van der Waals surface area contributed by atoms with Crippen molar-refractivity contribution in [3.8, 4) is 34.1 Å². The van der Waals surface area contributed by atoms with Crippen LogP contribution < -0.4 is 9.47 Å². The maximum absolute atomic E-state index is 13.9. The molecule has 0 unspecified atom stereocenters. The van der Waals surface area contributed by atoms with E-state index in [4.69, 9.17) is 19.7 Å². The fraction of sp³-hybridized carbons (Fsp3) is 0.333. The number of hydrogen-bond acceptors (Lipinski definition) is 7. The van der Waals surface area contributed by atoms with E-state index in [1.54, 1.807) is 19.2 Å². The number of H-pyrrole nitrogens is 1. The number of aliphatic hydroxyl groups excluding tert-OH is 1. The Bertz CT molecular complexity index is 1380. The topological polar surface area (TPSA) is 140 Å². The second-order valence-corrected chi connectivity index (χ2v) is 7.52. The van der Waals surface area contributed by atoms with Crippen molar-refractivity contribution in [1.82, 2.24) is 29.5 Å². The standard InChI is InChI=1S/C19H16F4N6O2.C2H4O3/c1-28-8-10(17(27-28)31-19(22)23)11-9-4-2-5-24-16(9)25-13(11)12-14(15(20)21)26-29-6-3-7-30-18(12)29;3-1-2(4)5/h2,4-5,8,15,19H,3,6-7H2,1H3,(H,24,25);3H,1H2,(H,4,5). The minimum Gasteiger partial charge on any atom is -0.480 e. The van der Waals surface area contributed by atoms with E-state index < -0.39 is 31.3 Å². The quantitative estimate of drug-likeness (QED) is 0.335. The molecule has 0 aliphatic carbocycles. The van der Waals surface area contributed by atoms with Gasteiger partial charge in [-0.2, -0.15) is 13.9 Å². The van der Waals surface area contributed by atoms with Gasteiger partial charge >= 0.3 is 12.6 Å². The van der Waals surface area contributed by atoms with Gasteiger partial charge in [-0.25, -0.2) is 23.2 Å². The van der Waals surface area contributed by atoms with E-state index in [0.717, 1.165) is 0 Å². The van der Waals surface area contributed by atoms with E-state index >= 15 is 0 Å². The van der Waals surface area contributed by atoms with E-state index in [2.05, 4.69) is 24.9 Å². The van der Waals surface area contributed by atoms with E-state index in [-0.39, 0.29) is 28.6 Å². The van der Waals surface area contributed by atoms with Gasteiger partial charge in [-0.3, -0.25) is 4.68 Å². The van der Waals surface area contributed by atoms with Crippen LogP contribution in [0.2, 0.25) is 0 Å². The monoisotopic (exact) mass is 512 g/mol. The molecule has 4 aromatic heterocycles. The number of carboxylic acid groups (broad SMARTS) is 1. The highest BCUT2D eigenvalue weighted by Gasteiger charge is 2.33. The maximum Gasteiger partial charge on any atom is 0.388 e. The summed E-state index contributed by atoms with van der Waals surface area (Å²) in [7, 11) is 1.55. The van der Waals surface area contributed by atoms with Crippen LogP contribution in [-0.2, 0) is 18.4 Å². The number of alkyl halides is 4. The normalized spacial score (nSPS) is 12.9. The highest BCUT2D eigenvalue weighted by Crippen LogP contribution is 2.47. The molecule has 11 nitrogen and oxygen atoms in total. The largest absolute Gasteiger partial charge is 0.480 e. The second kappa shape index (κ2) is 10.2. The van der Waals surface area contributed by atoms with Gasteiger partial charge in [0.15, 0.2) is 0 Å². The molecule has 4 aromatic rings. The van der Waals surface area contributed by atoms with E-state index in [1.807, 2.05) is 0 Å². The third-order valence-corrected chi connectivity index (χ3v) is 5.11. The SMILES string of the molecule is Cn1cc(-c2c(-c3c(C(F)F)nn4c3OCCC4)[nH]c3ncccc23)c(OC(F)F)n1.O=C(O)CO. The lowest BCUT2D eigenvalue weighted by Crippen LogP contribution is -2.15. The zero-order valence-electron chi connectivity index (χ0n) is 18.7. The number of aromatic amines is 1. The van der Waals surface area contributed by atoms with Crippen LogP contribution in [0, 0.1) is 0 Å². The van der Waals surface area contributed by atoms with E-state index in [9.17, 15) is 17.6 Å². The zero-order valence-corrected chi connectivity index (χ0v) is 18.7. The van der Waals surface area contributed by atoms with Crippen molar-refractivity contribution in [1.29, 1.82) is 0 Å². The molecule has 1 aliphatic heterocycles. The summed E-state index contributed by atoms with van der Waals surface area (Å²) in [5.74, 6) is -1.33. The number of ether oxygens (including phenoxy) is 2. The van der Waals surface area contributed by atoms with Gasteiger partial charge in [-0.15, -0.1) is 5.10 Å². The highest BCUT2D eigenvalue weighted by molar-refractivity contribution is 6.04. The summed E-state index contributed by atoms with van der Waals surface area (Å²) >= 11 is 0. The Morgan fingerprint density at radius 2 is 2.03 bits per heavy atom. The number of aryl methyl sites for hydroxylation is 2. The van der Waals surface area contributed by atoms with Gasteiger partial charge in [0, 0.05) is 43.4 Å². The molecule has 0 radical (unpaired) electrons. The van der Waals surface area contributed by atoms with Crippen LogP contribution in [0.25, 0.3) is 33.4 Å². The molecule has 192 valence electrons. The Morgan fingerprint density at radius 1 is 1.28 bits per heavy atom. The number of rotatable bonds is 6. The van der Waals surface area contributed by atoms with Crippen molar-refractivity contribution in [2.24, 2.45) is 7.05 Å². The Morgan fingerprint density at radius 3 is 2.69 bits per heavy atom. The number of nitrogens with zero attached hydrogens (tertiary/aromatic N) is 5. The maximum atomic E-state index is 13.9. The average Bonchev–Trinajstić information content (AvgIpc) is 3.51. The van der Waals surface area contributed by atoms with E-state index in [0.29, 0.717) is 36.2 Å². The van der Waals surface area contributed by atoms with Crippen molar-refractivity contribution in [2.75, 3.05) is 13.2 Å². The second-order valence-electron chi connectivity index (χ2n) is 7.52. The predicted molar refractivity (Wildman–Crippen MR) is 116 cm³/mol. The molecule has 3 N–H and O–H groups in total. The fourth-order valence-corrected chi connectivity index (χ4v) is 3.83. The number of carbonyl (C=O) groups is 1. The minimum absolute atomic E-state index is 0.0644.